The van der Waals surface area contributed by atoms with Crippen molar-refractivity contribution in [3.05, 3.63) is 64.1 Å². The van der Waals surface area contributed by atoms with Gasteiger partial charge < -0.3 is 5.32 Å². The third kappa shape index (κ3) is 3.03. The fourth-order valence-corrected chi connectivity index (χ4v) is 1.77. The van der Waals surface area contributed by atoms with Gasteiger partial charge in [0, 0.05) is 12.6 Å². The van der Waals surface area contributed by atoms with Gasteiger partial charge in [-0.05, 0) is 27.6 Å². The van der Waals surface area contributed by atoms with Gasteiger partial charge in [-0.1, -0.05) is 30.3 Å². The molecule has 0 radical (unpaired) electrons. The lowest BCUT2D eigenvalue weighted by Gasteiger charge is -2.08. The van der Waals surface area contributed by atoms with E-state index in [1.54, 1.807) is 0 Å². The van der Waals surface area contributed by atoms with E-state index in [2.05, 4.69) is 21.2 Å². The highest BCUT2D eigenvalue weighted by Crippen LogP contribution is 2.23. The zero-order chi connectivity index (χ0) is 12.3. The Morgan fingerprint density at radius 3 is 2.41 bits per heavy atom. The van der Waals surface area contributed by atoms with E-state index >= 15 is 0 Å². The predicted molar refractivity (Wildman–Crippen MR) is 67.8 cm³/mol. The van der Waals surface area contributed by atoms with Gasteiger partial charge in [0.05, 0.1) is 10.2 Å². The summed E-state index contributed by atoms with van der Waals surface area (Å²) in [7, 11) is 0. The van der Waals surface area contributed by atoms with Crippen LogP contribution in [0.15, 0.2) is 46.9 Å². The Kier molecular flexibility index (Phi) is 3.74. The van der Waals surface area contributed by atoms with Crippen LogP contribution in [0, 0.1) is 11.6 Å². The molecular formula is C13H10BrF2N. The van der Waals surface area contributed by atoms with Crippen LogP contribution in [-0.2, 0) is 6.54 Å². The molecule has 0 atom stereocenters. The summed E-state index contributed by atoms with van der Waals surface area (Å²) in [6, 6.07) is 11.8. The summed E-state index contributed by atoms with van der Waals surface area (Å²) in [6.45, 7) is 0.457. The highest BCUT2D eigenvalue weighted by Gasteiger charge is 2.07. The van der Waals surface area contributed by atoms with Crippen molar-refractivity contribution in [3.63, 3.8) is 0 Å². The van der Waals surface area contributed by atoms with Gasteiger partial charge in [0.15, 0.2) is 0 Å². The van der Waals surface area contributed by atoms with Crippen molar-refractivity contribution in [3.8, 4) is 0 Å². The molecule has 1 nitrogen and oxygen atoms in total. The van der Waals surface area contributed by atoms with E-state index in [9.17, 15) is 8.78 Å². The molecule has 1 N–H and O–H groups in total. The summed E-state index contributed by atoms with van der Waals surface area (Å²) in [5.74, 6) is -0.962. The minimum absolute atomic E-state index is 0.125. The number of nitrogens with one attached hydrogen (secondary N) is 1. The molecule has 0 aromatic heterocycles. The summed E-state index contributed by atoms with van der Waals surface area (Å²) < 4.78 is 26.8. The average Bonchev–Trinajstić information content (AvgIpc) is 2.33. The Morgan fingerprint density at radius 1 is 1.00 bits per heavy atom. The Labute approximate surface area is 107 Å². The lowest BCUT2D eigenvalue weighted by atomic mass is 10.2. The second-order valence-corrected chi connectivity index (χ2v) is 4.44. The minimum atomic E-state index is -0.484. The highest BCUT2D eigenvalue weighted by molar-refractivity contribution is 9.10. The summed E-state index contributed by atoms with van der Waals surface area (Å²) in [6.07, 6.45) is 0. The summed E-state index contributed by atoms with van der Waals surface area (Å²) in [4.78, 5) is 0. The van der Waals surface area contributed by atoms with Crippen molar-refractivity contribution < 1.29 is 8.78 Å². The topological polar surface area (TPSA) is 12.0 Å². The molecule has 88 valence electrons. The van der Waals surface area contributed by atoms with Crippen LogP contribution < -0.4 is 5.32 Å². The summed E-state index contributed by atoms with van der Waals surface area (Å²) in [5.41, 5.74) is 1.17. The van der Waals surface area contributed by atoms with Crippen molar-refractivity contribution in [2.45, 2.75) is 6.54 Å². The van der Waals surface area contributed by atoms with E-state index in [0.29, 0.717) is 6.54 Å². The van der Waals surface area contributed by atoms with E-state index in [4.69, 9.17) is 0 Å². The lowest BCUT2D eigenvalue weighted by Crippen LogP contribution is -2.02. The van der Waals surface area contributed by atoms with Gasteiger partial charge in [-0.25, -0.2) is 8.78 Å². The van der Waals surface area contributed by atoms with Crippen LogP contribution in [-0.4, -0.2) is 0 Å². The van der Waals surface area contributed by atoms with Gasteiger partial charge in [-0.15, -0.1) is 0 Å². The number of anilines is 1. The van der Waals surface area contributed by atoms with Crippen molar-refractivity contribution in [1.29, 1.82) is 0 Å². The SMILES string of the molecule is Fc1cc(NCc2ccccc2)c(F)cc1Br. The molecule has 2 aromatic rings. The Hall–Kier alpha value is -1.42. The summed E-state index contributed by atoms with van der Waals surface area (Å²) in [5, 5.41) is 2.86. The van der Waals surface area contributed by atoms with Crippen molar-refractivity contribution in [1.82, 2.24) is 0 Å². The van der Waals surface area contributed by atoms with Crippen LogP contribution in [0.4, 0.5) is 14.5 Å². The second kappa shape index (κ2) is 5.27. The molecule has 2 aromatic carbocycles. The first-order valence-electron chi connectivity index (χ1n) is 5.09. The zero-order valence-corrected chi connectivity index (χ0v) is 10.5. The van der Waals surface area contributed by atoms with Gasteiger partial charge in [0.25, 0.3) is 0 Å². The quantitative estimate of drug-likeness (QED) is 0.831. The molecule has 0 spiro atoms. The number of hydrogen-bond donors (Lipinski definition) is 1. The van der Waals surface area contributed by atoms with E-state index < -0.39 is 11.6 Å². The molecule has 0 bridgehead atoms. The molecule has 0 aliphatic heterocycles. The number of hydrogen-bond acceptors (Lipinski definition) is 1. The molecule has 0 saturated heterocycles. The molecule has 17 heavy (non-hydrogen) atoms. The predicted octanol–water partition coefficient (Wildman–Crippen LogP) is 4.34. The molecule has 0 fully saturated rings. The first-order valence-corrected chi connectivity index (χ1v) is 5.88. The summed E-state index contributed by atoms with van der Waals surface area (Å²) >= 11 is 2.93. The molecule has 4 heteroatoms. The molecule has 0 saturated carbocycles. The largest absolute Gasteiger partial charge is 0.379 e. The third-order valence-electron chi connectivity index (χ3n) is 2.34. The number of halogens is 3. The van der Waals surface area contributed by atoms with Gasteiger partial charge in [0.2, 0.25) is 0 Å². The van der Waals surface area contributed by atoms with Crippen molar-refractivity contribution in [2.24, 2.45) is 0 Å². The van der Waals surface area contributed by atoms with Gasteiger partial charge >= 0.3 is 0 Å². The first kappa shape index (κ1) is 12.0. The standard InChI is InChI=1S/C13H10BrF2N/c14-10-6-12(16)13(7-11(10)15)17-8-9-4-2-1-3-5-9/h1-7,17H,8H2. The first-order chi connectivity index (χ1) is 8.16. The number of rotatable bonds is 3. The molecule has 0 amide bonds. The minimum Gasteiger partial charge on any atom is -0.379 e. The third-order valence-corrected chi connectivity index (χ3v) is 2.94. The van der Waals surface area contributed by atoms with Crippen molar-refractivity contribution >= 4 is 21.6 Å². The average molecular weight is 298 g/mol. The van der Waals surface area contributed by atoms with Crippen LogP contribution in [0.5, 0.6) is 0 Å². The monoisotopic (exact) mass is 297 g/mol. The van der Waals surface area contributed by atoms with Crippen molar-refractivity contribution in [2.75, 3.05) is 5.32 Å². The fourth-order valence-electron chi connectivity index (χ4n) is 1.45. The van der Waals surface area contributed by atoms with Gasteiger partial charge in [-0.3, -0.25) is 0 Å². The van der Waals surface area contributed by atoms with E-state index in [0.717, 1.165) is 17.7 Å². The highest BCUT2D eigenvalue weighted by atomic mass is 79.9. The maximum absolute atomic E-state index is 13.5. The van der Waals surface area contributed by atoms with Crippen LogP contribution in [0.2, 0.25) is 0 Å². The zero-order valence-electron chi connectivity index (χ0n) is 8.88. The lowest BCUT2D eigenvalue weighted by molar-refractivity contribution is 0.596. The van der Waals surface area contributed by atoms with Crippen LogP contribution in [0.3, 0.4) is 0 Å². The molecule has 0 heterocycles. The molecule has 0 aliphatic carbocycles. The van der Waals surface area contributed by atoms with Crippen LogP contribution >= 0.6 is 15.9 Å². The molecule has 0 aliphatic rings. The fraction of sp³-hybridized carbons (Fsp3) is 0.0769. The second-order valence-electron chi connectivity index (χ2n) is 3.59. The Balaban J connectivity index is 2.12. The van der Waals surface area contributed by atoms with Gasteiger partial charge in [0.1, 0.15) is 11.6 Å². The van der Waals surface area contributed by atoms with E-state index in [-0.39, 0.29) is 10.2 Å². The molecular weight excluding hydrogens is 288 g/mol. The smallest absolute Gasteiger partial charge is 0.147 e. The number of benzene rings is 2. The molecule has 2 rings (SSSR count). The van der Waals surface area contributed by atoms with Crippen LogP contribution in [0.1, 0.15) is 5.56 Å². The van der Waals surface area contributed by atoms with Gasteiger partial charge in [-0.2, -0.15) is 0 Å². The maximum atomic E-state index is 13.5. The Bertz CT molecular complexity index is 514. The Morgan fingerprint density at radius 2 is 1.71 bits per heavy atom. The maximum Gasteiger partial charge on any atom is 0.147 e. The van der Waals surface area contributed by atoms with Crippen LogP contribution in [0.25, 0.3) is 0 Å². The van der Waals surface area contributed by atoms with E-state index in [1.807, 2.05) is 30.3 Å². The normalized spacial score (nSPS) is 10.3. The molecule has 0 unspecified atom stereocenters. The van der Waals surface area contributed by atoms with E-state index in [1.165, 1.54) is 0 Å².